The van der Waals surface area contributed by atoms with E-state index in [4.69, 9.17) is 0 Å². The molecule has 7 nitrogen and oxygen atoms in total. The largest absolute Gasteiger partial charge is 0.454 e. The molecule has 0 aromatic heterocycles. The van der Waals surface area contributed by atoms with Gasteiger partial charge in [0.15, 0.2) is 0 Å². The molecule has 0 atom stereocenters. The molecule has 184 valence electrons. The Kier molecular flexibility index (Phi) is 10.3. The summed E-state index contributed by atoms with van der Waals surface area (Å²) < 4.78 is 94.3. The number of nitrogens with zero attached hydrogens (tertiary/aromatic N) is 2. The SMILES string of the molecule is CCCN(CCC)S(=O)(=O)c1ccc(S(=O)(=O)N(CCC)CCC)c(C(=O)C(F)(F)F)c1. The van der Waals surface area contributed by atoms with E-state index in [0.29, 0.717) is 31.7 Å². The van der Waals surface area contributed by atoms with Crippen LogP contribution in [0.25, 0.3) is 0 Å². The Morgan fingerprint density at radius 3 is 1.56 bits per heavy atom. The fourth-order valence-corrected chi connectivity index (χ4v) is 6.66. The van der Waals surface area contributed by atoms with Crippen molar-refractivity contribution >= 4 is 25.8 Å². The zero-order chi connectivity index (χ0) is 24.7. The first-order valence-electron chi connectivity index (χ1n) is 10.5. The number of alkyl halides is 3. The van der Waals surface area contributed by atoms with Crippen molar-refractivity contribution in [3.05, 3.63) is 23.8 Å². The molecule has 1 aromatic carbocycles. The summed E-state index contributed by atoms with van der Waals surface area (Å²) >= 11 is 0. The summed E-state index contributed by atoms with van der Waals surface area (Å²) in [4.78, 5) is 10.8. The van der Waals surface area contributed by atoms with Crippen LogP contribution in [0.2, 0.25) is 0 Å². The van der Waals surface area contributed by atoms with Crippen LogP contribution >= 0.6 is 0 Å². The smallest absolute Gasteiger partial charge is 0.284 e. The fourth-order valence-electron chi connectivity index (χ4n) is 3.21. The van der Waals surface area contributed by atoms with Crippen molar-refractivity contribution in [1.82, 2.24) is 8.61 Å². The second-order valence-corrected chi connectivity index (χ2v) is 11.1. The number of sulfonamides is 2. The molecule has 0 aliphatic carbocycles. The molecule has 0 spiro atoms. The predicted octanol–water partition coefficient (Wildman–Crippen LogP) is 4.05. The van der Waals surface area contributed by atoms with Gasteiger partial charge in [0.05, 0.1) is 9.79 Å². The maximum Gasteiger partial charge on any atom is 0.454 e. The molecule has 32 heavy (non-hydrogen) atoms. The number of carbonyl (C=O) groups excluding carboxylic acids is 1. The van der Waals surface area contributed by atoms with E-state index in [1.807, 2.05) is 0 Å². The van der Waals surface area contributed by atoms with Crippen molar-refractivity contribution in [3.8, 4) is 0 Å². The molecule has 0 unspecified atom stereocenters. The van der Waals surface area contributed by atoms with E-state index in [-0.39, 0.29) is 26.2 Å². The minimum absolute atomic E-state index is 0.0522. The van der Waals surface area contributed by atoms with Crippen LogP contribution in [0.3, 0.4) is 0 Å². The lowest BCUT2D eigenvalue weighted by molar-refractivity contribution is -0.0887. The summed E-state index contributed by atoms with van der Waals surface area (Å²) in [6.07, 6.45) is -3.60. The molecule has 1 rings (SSSR count). The van der Waals surface area contributed by atoms with Gasteiger partial charge in [-0.15, -0.1) is 0 Å². The lowest BCUT2D eigenvalue weighted by Gasteiger charge is -2.24. The summed E-state index contributed by atoms with van der Waals surface area (Å²) in [6, 6.07) is 2.27. The maximum atomic E-state index is 13.3. The van der Waals surface area contributed by atoms with Crippen molar-refractivity contribution in [3.63, 3.8) is 0 Å². The summed E-state index contributed by atoms with van der Waals surface area (Å²) in [5.41, 5.74) is -1.19. The average molecular weight is 501 g/mol. The van der Waals surface area contributed by atoms with Crippen molar-refractivity contribution in [2.75, 3.05) is 26.2 Å². The topological polar surface area (TPSA) is 91.8 Å². The zero-order valence-electron chi connectivity index (χ0n) is 18.8. The van der Waals surface area contributed by atoms with E-state index in [0.717, 1.165) is 20.7 Å². The molecule has 0 fully saturated rings. The van der Waals surface area contributed by atoms with Crippen LogP contribution in [-0.2, 0) is 20.0 Å². The molecule has 0 aliphatic heterocycles. The monoisotopic (exact) mass is 500 g/mol. The Labute approximate surface area is 188 Å². The number of halogens is 3. The Hall–Kier alpha value is -1.50. The van der Waals surface area contributed by atoms with Crippen molar-refractivity contribution in [2.45, 2.75) is 69.3 Å². The minimum Gasteiger partial charge on any atom is -0.284 e. The first kappa shape index (κ1) is 28.5. The van der Waals surface area contributed by atoms with E-state index in [9.17, 15) is 34.8 Å². The number of hydrogen-bond donors (Lipinski definition) is 0. The molecule has 0 radical (unpaired) electrons. The Balaban J connectivity index is 3.78. The molecule has 0 aliphatic rings. The molecule has 0 amide bonds. The number of Topliss-reactive ketones (excluding diaryl/α,β-unsaturated/α-hetero) is 1. The highest BCUT2D eigenvalue weighted by molar-refractivity contribution is 7.89. The molecular weight excluding hydrogens is 469 g/mol. The number of benzene rings is 1. The van der Waals surface area contributed by atoms with Crippen molar-refractivity contribution < 1.29 is 34.8 Å². The van der Waals surface area contributed by atoms with E-state index in [1.54, 1.807) is 27.7 Å². The van der Waals surface area contributed by atoms with E-state index in [1.165, 1.54) is 0 Å². The van der Waals surface area contributed by atoms with Gasteiger partial charge in [0.25, 0.3) is 5.78 Å². The van der Waals surface area contributed by atoms with Gasteiger partial charge in [0.1, 0.15) is 0 Å². The van der Waals surface area contributed by atoms with Crippen molar-refractivity contribution in [1.29, 1.82) is 0 Å². The third-order valence-electron chi connectivity index (χ3n) is 4.60. The van der Waals surface area contributed by atoms with Crippen LogP contribution in [-0.4, -0.2) is 63.6 Å². The molecule has 0 bridgehead atoms. The highest BCUT2D eigenvalue weighted by atomic mass is 32.2. The standard InChI is InChI=1S/C20H31F3N2O5S2/c1-5-11-24(12-6-2)31(27,28)16-9-10-18(17(15-16)19(26)20(21,22)23)32(29,30)25(13-7-3)14-8-4/h9-10,15H,5-8,11-14H2,1-4H3. The lowest BCUT2D eigenvalue weighted by Crippen LogP contribution is -2.35. The van der Waals surface area contributed by atoms with Gasteiger partial charge < -0.3 is 0 Å². The van der Waals surface area contributed by atoms with Gasteiger partial charge in [-0.2, -0.15) is 21.8 Å². The Morgan fingerprint density at radius 2 is 1.19 bits per heavy atom. The second-order valence-electron chi connectivity index (χ2n) is 7.29. The third-order valence-corrected chi connectivity index (χ3v) is 8.45. The van der Waals surface area contributed by atoms with Crippen LogP contribution < -0.4 is 0 Å². The highest BCUT2D eigenvalue weighted by Crippen LogP contribution is 2.31. The van der Waals surface area contributed by atoms with Gasteiger partial charge in [-0.3, -0.25) is 4.79 Å². The second kappa shape index (κ2) is 11.6. The van der Waals surface area contributed by atoms with E-state index < -0.39 is 47.4 Å². The summed E-state index contributed by atoms with van der Waals surface area (Å²) in [7, 11) is -8.68. The van der Waals surface area contributed by atoms with Gasteiger partial charge in [-0.05, 0) is 43.9 Å². The zero-order valence-corrected chi connectivity index (χ0v) is 20.4. The normalized spacial score (nSPS) is 13.2. The molecule has 12 heteroatoms. The Morgan fingerprint density at radius 1 is 0.781 bits per heavy atom. The summed E-state index contributed by atoms with van der Waals surface area (Å²) in [5.74, 6) is -2.40. The van der Waals surface area contributed by atoms with Gasteiger partial charge in [-0.1, -0.05) is 27.7 Å². The fraction of sp³-hybridized carbons (Fsp3) is 0.650. The first-order chi connectivity index (χ1) is 14.8. The quantitative estimate of drug-likeness (QED) is 0.381. The van der Waals surface area contributed by atoms with E-state index >= 15 is 0 Å². The van der Waals surface area contributed by atoms with Gasteiger partial charge in [0, 0.05) is 31.7 Å². The van der Waals surface area contributed by atoms with Crippen LogP contribution in [0.15, 0.2) is 28.0 Å². The molecule has 0 saturated heterocycles. The lowest BCUT2D eigenvalue weighted by atomic mass is 10.1. The predicted molar refractivity (Wildman–Crippen MR) is 116 cm³/mol. The molecule has 0 heterocycles. The van der Waals surface area contributed by atoms with Gasteiger partial charge >= 0.3 is 6.18 Å². The average Bonchev–Trinajstić information content (AvgIpc) is 2.71. The third kappa shape index (κ3) is 6.52. The molecule has 1 aromatic rings. The van der Waals surface area contributed by atoms with Gasteiger partial charge in [0.2, 0.25) is 20.0 Å². The Bertz CT molecular complexity index is 981. The molecule has 0 saturated carbocycles. The van der Waals surface area contributed by atoms with Crippen molar-refractivity contribution in [2.24, 2.45) is 0 Å². The summed E-state index contributed by atoms with van der Waals surface area (Å²) in [6.45, 7) is 7.31. The van der Waals surface area contributed by atoms with Gasteiger partial charge in [-0.25, -0.2) is 16.8 Å². The molecule has 0 N–H and O–H groups in total. The first-order valence-corrected chi connectivity index (χ1v) is 13.4. The van der Waals surface area contributed by atoms with Crippen LogP contribution in [0.4, 0.5) is 13.2 Å². The van der Waals surface area contributed by atoms with E-state index in [2.05, 4.69) is 0 Å². The summed E-state index contributed by atoms with van der Waals surface area (Å²) in [5, 5.41) is 0. The molecular formula is C20H31F3N2O5S2. The number of rotatable bonds is 13. The van der Waals surface area contributed by atoms with Crippen LogP contribution in [0, 0.1) is 0 Å². The maximum absolute atomic E-state index is 13.3. The number of ketones is 1. The number of hydrogen-bond acceptors (Lipinski definition) is 5. The minimum atomic E-state index is -5.38. The van der Waals surface area contributed by atoms with Crippen LogP contribution in [0.5, 0.6) is 0 Å². The highest BCUT2D eigenvalue weighted by Gasteiger charge is 2.43. The number of carbonyl (C=O) groups is 1. The van der Waals surface area contributed by atoms with Crippen LogP contribution in [0.1, 0.15) is 63.7 Å².